The molecule has 0 saturated heterocycles. The summed E-state index contributed by atoms with van der Waals surface area (Å²) >= 11 is 0. The predicted molar refractivity (Wildman–Crippen MR) is 69.8 cm³/mol. The molecule has 0 aliphatic heterocycles. The molecule has 0 unspecified atom stereocenters. The highest BCUT2D eigenvalue weighted by atomic mass is 16.2. The van der Waals surface area contributed by atoms with E-state index in [4.69, 9.17) is 0 Å². The van der Waals surface area contributed by atoms with Crippen LogP contribution in [-0.4, -0.2) is 20.5 Å². The number of nitrogens with zero attached hydrogens (tertiary/aromatic N) is 3. The van der Waals surface area contributed by atoms with Crippen LogP contribution in [0.4, 0.5) is 4.79 Å². The van der Waals surface area contributed by atoms with Gasteiger partial charge in [-0.3, -0.25) is 9.47 Å². The summed E-state index contributed by atoms with van der Waals surface area (Å²) in [5.41, 5.74) is 1.77. The summed E-state index contributed by atoms with van der Waals surface area (Å²) in [4.78, 5) is 17.7. The second-order valence-electron chi connectivity index (χ2n) is 4.06. The van der Waals surface area contributed by atoms with E-state index in [2.05, 4.69) is 11.6 Å². The Morgan fingerprint density at radius 1 is 1.39 bits per heavy atom. The Labute approximate surface area is 106 Å². The minimum atomic E-state index is -0.149. The van der Waals surface area contributed by atoms with Crippen molar-refractivity contribution in [3.8, 4) is 0 Å². The zero-order valence-electron chi connectivity index (χ0n) is 10.3. The number of carbonyl (C=O) groups is 1. The molecule has 4 heteroatoms. The molecular weight excluding hydrogens is 226 g/mol. The van der Waals surface area contributed by atoms with Gasteiger partial charge in [0, 0.05) is 18.1 Å². The fourth-order valence-electron chi connectivity index (χ4n) is 1.64. The molecular formula is C14H15N3O. The van der Waals surface area contributed by atoms with Crippen molar-refractivity contribution in [3.05, 3.63) is 66.9 Å². The van der Waals surface area contributed by atoms with E-state index in [0.29, 0.717) is 12.2 Å². The number of hydrogen-bond donors (Lipinski definition) is 0. The maximum absolute atomic E-state index is 12.2. The summed E-state index contributed by atoms with van der Waals surface area (Å²) in [6, 6.07) is 9.67. The van der Waals surface area contributed by atoms with E-state index in [1.165, 1.54) is 10.9 Å². The first-order chi connectivity index (χ1) is 8.68. The van der Waals surface area contributed by atoms with Crippen LogP contribution in [0.5, 0.6) is 0 Å². The van der Waals surface area contributed by atoms with Gasteiger partial charge in [-0.1, -0.05) is 36.9 Å². The Morgan fingerprint density at radius 3 is 2.67 bits per heavy atom. The molecule has 2 rings (SSSR count). The van der Waals surface area contributed by atoms with E-state index in [9.17, 15) is 4.79 Å². The van der Waals surface area contributed by atoms with Gasteiger partial charge in [0.15, 0.2) is 0 Å². The number of allylic oxidation sites excluding steroid dienone is 1. The first-order valence-electron chi connectivity index (χ1n) is 5.68. The Balaban J connectivity index is 2.19. The van der Waals surface area contributed by atoms with Crippen LogP contribution >= 0.6 is 0 Å². The van der Waals surface area contributed by atoms with E-state index in [0.717, 1.165) is 5.56 Å². The van der Waals surface area contributed by atoms with E-state index >= 15 is 0 Å². The number of carbonyl (C=O) groups excluding carboxylic acids is 1. The van der Waals surface area contributed by atoms with Crippen molar-refractivity contribution in [1.82, 2.24) is 14.5 Å². The highest BCUT2D eigenvalue weighted by molar-refractivity contribution is 5.78. The summed E-state index contributed by atoms with van der Waals surface area (Å²) in [5.74, 6) is 0. The second kappa shape index (κ2) is 5.31. The molecule has 4 nitrogen and oxygen atoms in total. The van der Waals surface area contributed by atoms with Gasteiger partial charge in [-0.25, -0.2) is 9.78 Å². The molecule has 1 heterocycles. The number of aromatic nitrogens is 2. The van der Waals surface area contributed by atoms with Gasteiger partial charge in [-0.05, 0) is 12.5 Å². The van der Waals surface area contributed by atoms with Crippen molar-refractivity contribution in [1.29, 1.82) is 0 Å². The van der Waals surface area contributed by atoms with Crippen molar-refractivity contribution in [2.24, 2.45) is 0 Å². The molecule has 0 atom stereocenters. The van der Waals surface area contributed by atoms with Crippen molar-refractivity contribution in [2.75, 3.05) is 0 Å². The topological polar surface area (TPSA) is 38.1 Å². The highest BCUT2D eigenvalue weighted by Gasteiger charge is 2.15. The maximum atomic E-state index is 12.2. The molecule has 0 fully saturated rings. The lowest BCUT2D eigenvalue weighted by molar-refractivity contribution is 0.211. The standard InChI is InChI=1S/C14H15N3O/c1-12(2)17(10-13-6-4-3-5-7-13)14(18)16-9-8-15-11-16/h3-9,11H,1,10H2,2H3. The molecule has 1 aromatic carbocycles. The van der Waals surface area contributed by atoms with Crippen LogP contribution in [0.2, 0.25) is 0 Å². The van der Waals surface area contributed by atoms with Gasteiger partial charge in [0.05, 0.1) is 6.54 Å². The van der Waals surface area contributed by atoms with Gasteiger partial charge in [0.1, 0.15) is 6.33 Å². The largest absolute Gasteiger partial charge is 0.333 e. The number of rotatable bonds is 3. The summed E-state index contributed by atoms with van der Waals surface area (Å²) in [5, 5.41) is 0. The average Bonchev–Trinajstić information content (AvgIpc) is 2.90. The van der Waals surface area contributed by atoms with Crippen LogP contribution < -0.4 is 0 Å². The smallest absolute Gasteiger partial charge is 0.294 e. The second-order valence-corrected chi connectivity index (χ2v) is 4.06. The molecule has 0 N–H and O–H groups in total. The third kappa shape index (κ3) is 2.66. The van der Waals surface area contributed by atoms with Crippen LogP contribution in [0.1, 0.15) is 12.5 Å². The molecule has 2 aromatic rings. The Hall–Kier alpha value is -2.36. The van der Waals surface area contributed by atoms with Gasteiger partial charge in [0.2, 0.25) is 0 Å². The summed E-state index contributed by atoms with van der Waals surface area (Å²) in [7, 11) is 0. The molecule has 0 radical (unpaired) electrons. The van der Waals surface area contributed by atoms with Gasteiger partial charge in [-0.2, -0.15) is 0 Å². The normalized spacial score (nSPS) is 10.1. The predicted octanol–water partition coefficient (Wildman–Crippen LogP) is 2.89. The van der Waals surface area contributed by atoms with Crippen molar-refractivity contribution < 1.29 is 4.79 Å². The molecule has 0 aliphatic rings. The zero-order valence-corrected chi connectivity index (χ0v) is 10.3. The average molecular weight is 241 g/mol. The first kappa shape index (κ1) is 12.1. The monoisotopic (exact) mass is 241 g/mol. The van der Waals surface area contributed by atoms with Gasteiger partial charge < -0.3 is 0 Å². The number of imidazole rings is 1. The third-order valence-electron chi connectivity index (χ3n) is 2.60. The Kier molecular flexibility index (Phi) is 3.57. The van der Waals surface area contributed by atoms with Crippen molar-refractivity contribution in [3.63, 3.8) is 0 Å². The fraction of sp³-hybridized carbons (Fsp3) is 0.143. The van der Waals surface area contributed by atoms with Crippen molar-refractivity contribution in [2.45, 2.75) is 13.5 Å². The quantitative estimate of drug-likeness (QED) is 0.828. The lowest BCUT2D eigenvalue weighted by atomic mass is 10.2. The van der Waals surface area contributed by atoms with E-state index in [1.54, 1.807) is 17.3 Å². The molecule has 0 spiro atoms. The zero-order chi connectivity index (χ0) is 13.0. The fourth-order valence-corrected chi connectivity index (χ4v) is 1.64. The molecule has 0 bridgehead atoms. The number of amides is 1. The minimum Gasteiger partial charge on any atom is -0.294 e. The molecule has 1 aromatic heterocycles. The van der Waals surface area contributed by atoms with Crippen LogP contribution in [0.3, 0.4) is 0 Å². The van der Waals surface area contributed by atoms with Gasteiger partial charge in [0.25, 0.3) is 0 Å². The van der Waals surface area contributed by atoms with Crippen LogP contribution in [0, 0.1) is 0 Å². The van der Waals surface area contributed by atoms with Crippen molar-refractivity contribution >= 4 is 6.03 Å². The lowest BCUT2D eigenvalue weighted by Gasteiger charge is -2.22. The summed E-state index contributed by atoms with van der Waals surface area (Å²) in [6.07, 6.45) is 4.70. The van der Waals surface area contributed by atoms with Gasteiger partial charge >= 0.3 is 6.03 Å². The summed E-state index contributed by atoms with van der Waals surface area (Å²) in [6.45, 7) is 6.18. The molecule has 0 aliphatic carbocycles. The molecule has 18 heavy (non-hydrogen) atoms. The number of benzene rings is 1. The van der Waals surface area contributed by atoms with E-state index in [-0.39, 0.29) is 6.03 Å². The lowest BCUT2D eigenvalue weighted by Crippen LogP contribution is -2.31. The SMILES string of the molecule is C=C(C)N(Cc1ccccc1)C(=O)n1ccnc1. The maximum Gasteiger partial charge on any atom is 0.333 e. The molecule has 92 valence electrons. The first-order valence-corrected chi connectivity index (χ1v) is 5.68. The van der Waals surface area contributed by atoms with Crippen LogP contribution in [0.15, 0.2) is 61.3 Å². The van der Waals surface area contributed by atoms with E-state index < -0.39 is 0 Å². The Morgan fingerprint density at radius 2 is 2.11 bits per heavy atom. The number of hydrogen-bond acceptors (Lipinski definition) is 2. The Bertz CT molecular complexity index is 531. The van der Waals surface area contributed by atoms with Gasteiger partial charge in [-0.15, -0.1) is 0 Å². The highest BCUT2D eigenvalue weighted by Crippen LogP contribution is 2.11. The van der Waals surface area contributed by atoms with Crippen LogP contribution in [0.25, 0.3) is 0 Å². The molecule has 1 amide bonds. The van der Waals surface area contributed by atoms with Crippen LogP contribution in [-0.2, 0) is 6.54 Å². The minimum absolute atomic E-state index is 0.149. The molecule has 0 saturated carbocycles. The van der Waals surface area contributed by atoms with E-state index in [1.807, 2.05) is 37.3 Å². The summed E-state index contributed by atoms with van der Waals surface area (Å²) < 4.78 is 1.44. The third-order valence-corrected chi connectivity index (χ3v) is 2.60.